The summed E-state index contributed by atoms with van der Waals surface area (Å²) in [4.78, 5) is 18.2. The summed E-state index contributed by atoms with van der Waals surface area (Å²) < 4.78 is 6.22. The van der Waals surface area contributed by atoms with Crippen molar-refractivity contribution < 1.29 is 5.11 Å². The Morgan fingerprint density at radius 1 is 0.880 bits per heavy atom. The number of thiophene rings is 3. The first-order valence-corrected chi connectivity index (χ1v) is 19.4. The third-order valence-corrected chi connectivity index (χ3v) is 13.0. The highest BCUT2D eigenvalue weighted by atomic mass is 32.1. The van der Waals surface area contributed by atoms with Gasteiger partial charge in [0.05, 0.1) is 9.40 Å². The van der Waals surface area contributed by atoms with Gasteiger partial charge in [0.15, 0.2) is 0 Å². The molecule has 0 aliphatic rings. The van der Waals surface area contributed by atoms with E-state index in [1.807, 2.05) is 18.2 Å². The van der Waals surface area contributed by atoms with Crippen LogP contribution >= 0.6 is 34.0 Å². The average molecular weight is 712 g/mol. The van der Waals surface area contributed by atoms with E-state index in [4.69, 9.17) is 0 Å². The average Bonchev–Trinajstić information content (AvgIpc) is 3.82. The van der Waals surface area contributed by atoms with Gasteiger partial charge in [-0.2, -0.15) is 5.26 Å². The molecule has 0 fully saturated rings. The maximum atomic E-state index is 13.8. The third kappa shape index (κ3) is 6.40. The number of rotatable bonds is 11. The molecule has 4 heterocycles. The van der Waals surface area contributed by atoms with Gasteiger partial charge in [0.1, 0.15) is 11.6 Å². The van der Waals surface area contributed by atoms with Crippen LogP contribution in [0.3, 0.4) is 0 Å². The van der Waals surface area contributed by atoms with Crippen LogP contribution in [0.4, 0.5) is 17.1 Å². The molecule has 8 heteroatoms. The molecule has 1 N–H and O–H groups in total. The smallest absolute Gasteiger partial charge is 0.261 e. The first kappa shape index (κ1) is 33.6. The summed E-state index contributed by atoms with van der Waals surface area (Å²) in [5, 5.41) is 21.5. The number of unbranched alkanes of at least 4 members (excludes halogenated alkanes) is 1. The van der Waals surface area contributed by atoms with Crippen LogP contribution in [0, 0.1) is 17.2 Å². The highest BCUT2D eigenvalue weighted by molar-refractivity contribution is 7.39. The van der Waals surface area contributed by atoms with E-state index in [2.05, 4.69) is 116 Å². The molecule has 5 nitrogen and oxygen atoms in total. The van der Waals surface area contributed by atoms with Crippen molar-refractivity contribution in [2.24, 2.45) is 5.92 Å². The second kappa shape index (κ2) is 14.5. The Labute approximate surface area is 303 Å². The molecule has 7 aromatic rings. The van der Waals surface area contributed by atoms with Gasteiger partial charge in [-0.1, -0.05) is 88.2 Å². The Balaban J connectivity index is 1.23. The fourth-order valence-electron chi connectivity index (χ4n) is 6.47. The molecule has 0 aliphatic carbocycles. The van der Waals surface area contributed by atoms with Gasteiger partial charge in [0.25, 0.3) is 5.56 Å². The van der Waals surface area contributed by atoms with Crippen molar-refractivity contribution in [3.8, 4) is 22.4 Å². The number of hydrogen-bond donors (Lipinski definition) is 1. The first-order valence-electron chi connectivity index (χ1n) is 16.9. The molecule has 1 atom stereocenters. The summed E-state index contributed by atoms with van der Waals surface area (Å²) in [5.41, 5.74) is 4.23. The summed E-state index contributed by atoms with van der Waals surface area (Å²) in [6, 6.07) is 36.0. The first-order chi connectivity index (χ1) is 24.4. The highest BCUT2D eigenvalue weighted by Gasteiger charge is 2.19. The molecule has 0 radical (unpaired) electrons. The minimum Gasteiger partial charge on any atom is -0.493 e. The monoisotopic (exact) mass is 711 g/mol. The van der Waals surface area contributed by atoms with E-state index >= 15 is 0 Å². The number of nitriles is 1. The van der Waals surface area contributed by atoms with Crippen molar-refractivity contribution in [1.29, 1.82) is 5.26 Å². The molecule has 7 rings (SSSR count). The van der Waals surface area contributed by atoms with E-state index in [-0.39, 0.29) is 28.1 Å². The second-order valence-electron chi connectivity index (χ2n) is 12.5. The van der Waals surface area contributed by atoms with Crippen LogP contribution in [0.2, 0.25) is 0 Å². The molecule has 0 spiro atoms. The van der Waals surface area contributed by atoms with Crippen LogP contribution in [-0.4, -0.2) is 9.67 Å². The van der Waals surface area contributed by atoms with E-state index in [1.54, 1.807) is 34.0 Å². The van der Waals surface area contributed by atoms with Crippen LogP contribution in [0.15, 0.2) is 102 Å². The van der Waals surface area contributed by atoms with Crippen LogP contribution in [0.25, 0.3) is 41.9 Å². The van der Waals surface area contributed by atoms with Gasteiger partial charge in [-0.3, -0.25) is 9.36 Å². The van der Waals surface area contributed by atoms with Crippen molar-refractivity contribution in [3.63, 3.8) is 0 Å². The van der Waals surface area contributed by atoms with E-state index in [9.17, 15) is 15.2 Å². The van der Waals surface area contributed by atoms with E-state index < -0.39 is 0 Å². The maximum absolute atomic E-state index is 13.8. The number of benzene rings is 3. The normalized spacial score (nSPS) is 12.5. The van der Waals surface area contributed by atoms with Gasteiger partial charge in [0.2, 0.25) is 5.88 Å². The van der Waals surface area contributed by atoms with Gasteiger partial charge in [-0.15, -0.1) is 34.0 Å². The number of nitrogens with zero attached hydrogens (tertiary/aromatic N) is 3. The predicted molar refractivity (Wildman–Crippen MR) is 214 cm³/mol. The Morgan fingerprint density at radius 2 is 1.50 bits per heavy atom. The zero-order chi connectivity index (χ0) is 34.8. The molecule has 0 bridgehead atoms. The largest absolute Gasteiger partial charge is 0.493 e. The Kier molecular flexibility index (Phi) is 9.73. The molecule has 0 aliphatic heterocycles. The van der Waals surface area contributed by atoms with Gasteiger partial charge in [0, 0.05) is 53.2 Å². The zero-order valence-electron chi connectivity index (χ0n) is 28.1. The Hall–Kier alpha value is -4.94. The molecule has 3 aromatic carbocycles. The molecule has 4 aromatic heterocycles. The van der Waals surface area contributed by atoms with Crippen molar-refractivity contribution in [3.05, 3.63) is 128 Å². The van der Waals surface area contributed by atoms with E-state index in [0.29, 0.717) is 11.8 Å². The predicted octanol–water partition coefficient (Wildman–Crippen LogP) is 10.5. The minimum absolute atomic E-state index is 0.0616. The summed E-state index contributed by atoms with van der Waals surface area (Å²) in [7, 11) is 0. The summed E-state index contributed by atoms with van der Waals surface area (Å²) in [6.45, 7) is 8.69. The lowest BCUT2D eigenvalue weighted by Crippen LogP contribution is -2.46. The van der Waals surface area contributed by atoms with E-state index in [0.717, 1.165) is 47.6 Å². The standard InChI is InChI=1S/C42H37N3O2S3/c1-4-6-13-28(5-2)26-44-41(46)34(27(3)35(25-43)42(44)47)22-33-23-37-39(48-33)40-38(49-37)24-36(50-40)29-18-20-32(21-19-29)45(30-14-9-7-10-15-30)31-16-11-8-12-17-31/h7-12,14-24,28,47H,3-6,13,26H2,1-2H3/b34-22-. The van der Waals surface area contributed by atoms with Crippen LogP contribution in [-0.2, 0) is 6.54 Å². The Bertz CT molecular complexity index is 2460. The van der Waals surface area contributed by atoms with Crippen molar-refractivity contribution in [2.75, 3.05) is 4.90 Å². The molecule has 250 valence electrons. The summed E-state index contributed by atoms with van der Waals surface area (Å²) in [6.07, 6.45) is 5.83. The minimum atomic E-state index is -0.302. The fraction of sp³-hybridized carbons (Fsp3) is 0.190. The number of aromatic hydroxyl groups is 1. The molecule has 1 unspecified atom stereocenters. The molecule has 0 amide bonds. The maximum Gasteiger partial charge on any atom is 0.261 e. The number of hydrogen-bond acceptors (Lipinski definition) is 7. The third-order valence-electron chi connectivity index (χ3n) is 9.24. The van der Waals surface area contributed by atoms with Crippen LogP contribution in [0.1, 0.15) is 50.0 Å². The lowest BCUT2D eigenvalue weighted by molar-refractivity contribution is 0.338. The van der Waals surface area contributed by atoms with Crippen LogP contribution in [0.5, 0.6) is 5.88 Å². The topological polar surface area (TPSA) is 69.3 Å². The molecular formula is C42H37N3O2S3. The zero-order valence-corrected chi connectivity index (χ0v) is 30.5. The lowest BCUT2D eigenvalue weighted by Gasteiger charge is -2.25. The van der Waals surface area contributed by atoms with Crippen molar-refractivity contribution >= 4 is 82.5 Å². The summed E-state index contributed by atoms with van der Waals surface area (Å²) in [5.74, 6) is -0.0414. The SMILES string of the molecule is C=c1c(C#N)c(O)n(CC(CC)CCCC)c(=O)/c1=C\c1cc2sc3cc(-c4ccc(N(c5ccccc5)c5ccccc5)cc4)sc3c2s1. The van der Waals surface area contributed by atoms with Gasteiger partial charge >= 0.3 is 0 Å². The highest BCUT2D eigenvalue weighted by Crippen LogP contribution is 2.46. The lowest BCUT2D eigenvalue weighted by atomic mass is 9.99. The Morgan fingerprint density at radius 3 is 2.12 bits per heavy atom. The number of fused-ring (bicyclic) bond motifs is 3. The van der Waals surface area contributed by atoms with Crippen molar-refractivity contribution in [2.45, 2.75) is 46.1 Å². The van der Waals surface area contributed by atoms with Gasteiger partial charge in [-0.25, -0.2) is 0 Å². The quantitative estimate of drug-likeness (QED) is 0.145. The molecular weight excluding hydrogens is 675 g/mol. The number of anilines is 3. The van der Waals surface area contributed by atoms with Crippen molar-refractivity contribution in [1.82, 2.24) is 4.57 Å². The number of pyridine rings is 1. The molecule has 0 saturated heterocycles. The van der Waals surface area contributed by atoms with Gasteiger partial charge < -0.3 is 10.0 Å². The van der Waals surface area contributed by atoms with E-state index in [1.165, 1.54) is 33.8 Å². The molecule has 50 heavy (non-hydrogen) atoms. The number of aromatic nitrogens is 1. The fourth-order valence-corrected chi connectivity index (χ4v) is 10.5. The summed E-state index contributed by atoms with van der Waals surface area (Å²) >= 11 is 5.18. The van der Waals surface area contributed by atoms with Gasteiger partial charge in [-0.05, 0) is 72.5 Å². The number of para-hydroxylation sites is 2. The van der Waals surface area contributed by atoms with Crippen LogP contribution < -0.4 is 20.9 Å². The second-order valence-corrected chi connectivity index (χ2v) is 15.7. The molecule has 0 saturated carbocycles.